The third kappa shape index (κ3) is 5.19. The van der Waals surface area contributed by atoms with E-state index >= 15 is 0 Å². The van der Waals surface area contributed by atoms with E-state index in [4.69, 9.17) is 4.74 Å². The molecule has 0 radical (unpaired) electrons. The maximum absolute atomic E-state index is 12.5. The SMILES string of the molecule is COc1ccc(C(=O)[O-])cc1S(=O)(=O)NCC[NH+](C(C)C)C(C)C. The molecule has 0 saturated heterocycles. The molecule has 0 atom stereocenters. The van der Waals surface area contributed by atoms with Gasteiger partial charge in [0, 0.05) is 0 Å². The summed E-state index contributed by atoms with van der Waals surface area (Å²) < 4.78 is 32.5. The molecule has 0 amide bonds. The summed E-state index contributed by atoms with van der Waals surface area (Å²) in [5, 5.41) is 11.0. The van der Waals surface area contributed by atoms with Gasteiger partial charge >= 0.3 is 0 Å². The lowest BCUT2D eigenvalue weighted by molar-refractivity contribution is -0.941. The summed E-state index contributed by atoms with van der Waals surface area (Å²) in [6.45, 7) is 9.18. The number of aromatic carboxylic acids is 1. The number of quaternary nitrogens is 1. The highest BCUT2D eigenvalue weighted by Crippen LogP contribution is 2.24. The number of benzene rings is 1. The zero-order valence-electron chi connectivity index (χ0n) is 14.8. The van der Waals surface area contributed by atoms with Gasteiger partial charge in [0.05, 0.1) is 38.3 Å². The van der Waals surface area contributed by atoms with Gasteiger partial charge in [0.15, 0.2) is 0 Å². The molecule has 24 heavy (non-hydrogen) atoms. The maximum atomic E-state index is 12.5. The van der Waals surface area contributed by atoms with E-state index < -0.39 is 16.0 Å². The molecule has 7 nitrogen and oxygen atoms in total. The van der Waals surface area contributed by atoms with Crippen LogP contribution in [0.15, 0.2) is 23.1 Å². The first kappa shape index (κ1) is 20.4. The fourth-order valence-corrected chi connectivity index (χ4v) is 3.89. The molecule has 0 aliphatic rings. The van der Waals surface area contributed by atoms with Crippen LogP contribution in [0.5, 0.6) is 5.75 Å². The van der Waals surface area contributed by atoms with Crippen LogP contribution in [0.2, 0.25) is 0 Å². The Bertz CT molecular complexity index is 663. The van der Waals surface area contributed by atoms with Gasteiger partial charge in [-0.15, -0.1) is 0 Å². The van der Waals surface area contributed by atoms with E-state index in [2.05, 4.69) is 32.4 Å². The predicted octanol–water partition coefficient (Wildman–Crippen LogP) is -0.961. The van der Waals surface area contributed by atoms with Crippen molar-refractivity contribution in [3.63, 3.8) is 0 Å². The molecular formula is C16H26N2O5S. The molecule has 0 spiro atoms. The van der Waals surface area contributed by atoms with E-state index in [1.165, 1.54) is 24.1 Å². The van der Waals surface area contributed by atoms with Gasteiger partial charge in [-0.2, -0.15) is 0 Å². The predicted molar refractivity (Wildman–Crippen MR) is 88.6 cm³/mol. The van der Waals surface area contributed by atoms with Crippen molar-refractivity contribution in [1.82, 2.24) is 4.72 Å². The Hall–Kier alpha value is -1.64. The highest BCUT2D eigenvalue weighted by atomic mass is 32.2. The van der Waals surface area contributed by atoms with Gasteiger partial charge < -0.3 is 19.5 Å². The molecule has 0 aromatic heterocycles. The fourth-order valence-electron chi connectivity index (χ4n) is 2.67. The number of ether oxygens (including phenoxy) is 1. The van der Waals surface area contributed by atoms with Gasteiger partial charge in [0.2, 0.25) is 10.0 Å². The van der Waals surface area contributed by atoms with E-state index in [1.54, 1.807) is 0 Å². The molecule has 8 heteroatoms. The van der Waals surface area contributed by atoms with E-state index in [1.807, 2.05) is 0 Å². The number of carboxylic acid groups (broad SMARTS) is 1. The van der Waals surface area contributed by atoms with Gasteiger partial charge in [0.25, 0.3) is 0 Å². The molecule has 1 aromatic rings. The minimum absolute atomic E-state index is 0.0874. The summed E-state index contributed by atoms with van der Waals surface area (Å²) in [7, 11) is -2.56. The molecule has 0 unspecified atom stereocenters. The average Bonchev–Trinajstić information content (AvgIpc) is 2.49. The number of hydrogen-bond donors (Lipinski definition) is 2. The second-order valence-corrected chi connectivity index (χ2v) is 7.92. The van der Waals surface area contributed by atoms with Crippen LogP contribution in [-0.4, -0.2) is 46.7 Å². The lowest BCUT2D eigenvalue weighted by Crippen LogP contribution is -3.18. The molecule has 136 valence electrons. The van der Waals surface area contributed by atoms with Crippen molar-refractivity contribution in [2.75, 3.05) is 20.2 Å². The molecule has 1 aromatic carbocycles. The van der Waals surface area contributed by atoms with Crippen molar-refractivity contribution < 1.29 is 28.0 Å². The molecule has 0 bridgehead atoms. The first-order valence-corrected chi connectivity index (χ1v) is 9.33. The molecule has 0 heterocycles. The summed E-state index contributed by atoms with van der Waals surface area (Å²) in [4.78, 5) is 12.0. The van der Waals surface area contributed by atoms with E-state index in [-0.39, 0.29) is 22.8 Å². The monoisotopic (exact) mass is 358 g/mol. The Morgan fingerprint density at radius 1 is 1.25 bits per heavy atom. The number of carbonyl (C=O) groups is 1. The number of methoxy groups -OCH3 is 1. The second kappa shape index (κ2) is 8.46. The van der Waals surface area contributed by atoms with Gasteiger partial charge in [-0.25, -0.2) is 13.1 Å². The lowest BCUT2D eigenvalue weighted by Gasteiger charge is -2.27. The number of rotatable bonds is 9. The van der Waals surface area contributed by atoms with Gasteiger partial charge in [-0.1, -0.05) is 0 Å². The summed E-state index contributed by atoms with van der Waals surface area (Å²) in [6, 6.07) is 4.33. The van der Waals surface area contributed by atoms with Crippen LogP contribution in [0, 0.1) is 0 Å². The number of hydrogen-bond acceptors (Lipinski definition) is 5. The Morgan fingerprint density at radius 3 is 2.29 bits per heavy atom. The molecule has 0 aliphatic heterocycles. The standard InChI is InChI=1S/C16H26N2O5S/c1-11(2)18(12(3)4)9-8-17-24(21,22)15-10-13(16(19)20)6-7-14(15)23-5/h6-7,10-12,17H,8-9H2,1-5H3,(H,19,20). The Kier molecular flexibility index (Phi) is 7.19. The van der Waals surface area contributed by atoms with Crippen molar-refractivity contribution in [3.05, 3.63) is 23.8 Å². The van der Waals surface area contributed by atoms with Crippen molar-refractivity contribution in [2.24, 2.45) is 0 Å². The van der Waals surface area contributed by atoms with Crippen molar-refractivity contribution in [3.8, 4) is 5.75 Å². The normalized spacial score (nSPS) is 12.2. The van der Waals surface area contributed by atoms with E-state index in [9.17, 15) is 18.3 Å². The van der Waals surface area contributed by atoms with Crippen molar-refractivity contribution in [1.29, 1.82) is 0 Å². The molecule has 1 rings (SSSR count). The molecule has 0 saturated carbocycles. The average molecular weight is 358 g/mol. The molecule has 0 aliphatic carbocycles. The quantitative estimate of drug-likeness (QED) is 0.592. The number of carboxylic acids is 1. The van der Waals surface area contributed by atoms with Crippen molar-refractivity contribution >= 4 is 16.0 Å². The van der Waals surface area contributed by atoms with Crippen LogP contribution in [0.25, 0.3) is 0 Å². The second-order valence-electron chi connectivity index (χ2n) is 6.19. The summed E-state index contributed by atoms with van der Waals surface area (Å²) in [5.41, 5.74) is -0.215. The fraction of sp³-hybridized carbons (Fsp3) is 0.562. The van der Waals surface area contributed by atoms with Crippen LogP contribution in [0.1, 0.15) is 38.1 Å². The van der Waals surface area contributed by atoms with Crippen LogP contribution >= 0.6 is 0 Å². The summed E-state index contributed by atoms with van der Waals surface area (Å²) in [6.07, 6.45) is 0. The third-order valence-electron chi connectivity index (χ3n) is 3.88. The number of carbonyl (C=O) groups excluding carboxylic acids is 1. The number of nitrogens with one attached hydrogen (secondary N) is 2. The van der Waals surface area contributed by atoms with Crippen LogP contribution in [0.4, 0.5) is 0 Å². The zero-order chi connectivity index (χ0) is 18.5. The lowest BCUT2D eigenvalue weighted by atomic mass is 10.2. The van der Waals surface area contributed by atoms with Crippen LogP contribution in [0.3, 0.4) is 0 Å². The van der Waals surface area contributed by atoms with Crippen LogP contribution in [-0.2, 0) is 10.0 Å². The molecule has 2 N–H and O–H groups in total. The molecule has 0 fully saturated rings. The third-order valence-corrected chi connectivity index (χ3v) is 5.36. The van der Waals surface area contributed by atoms with Crippen molar-refractivity contribution in [2.45, 2.75) is 44.7 Å². The highest BCUT2D eigenvalue weighted by molar-refractivity contribution is 7.89. The van der Waals surface area contributed by atoms with Crippen LogP contribution < -0.4 is 19.5 Å². The maximum Gasteiger partial charge on any atom is 0.244 e. The topological polar surface area (TPSA) is 100.0 Å². The summed E-state index contributed by atoms with van der Waals surface area (Å²) >= 11 is 0. The highest BCUT2D eigenvalue weighted by Gasteiger charge is 2.22. The van der Waals surface area contributed by atoms with Gasteiger partial charge in [-0.05, 0) is 51.5 Å². The minimum Gasteiger partial charge on any atom is -0.545 e. The largest absolute Gasteiger partial charge is 0.545 e. The zero-order valence-corrected chi connectivity index (χ0v) is 15.6. The van der Waals surface area contributed by atoms with Gasteiger partial charge in [-0.3, -0.25) is 0 Å². The van der Waals surface area contributed by atoms with E-state index in [0.29, 0.717) is 18.6 Å². The number of sulfonamides is 1. The Labute approximate surface area is 143 Å². The Morgan fingerprint density at radius 2 is 1.83 bits per heavy atom. The smallest absolute Gasteiger partial charge is 0.244 e. The minimum atomic E-state index is -3.89. The van der Waals surface area contributed by atoms with E-state index in [0.717, 1.165) is 6.07 Å². The first-order valence-electron chi connectivity index (χ1n) is 7.84. The first-order chi connectivity index (χ1) is 11.1. The van der Waals surface area contributed by atoms with Gasteiger partial charge in [0.1, 0.15) is 10.6 Å². The summed E-state index contributed by atoms with van der Waals surface area (Å²) in [5.74, 6) is -1.35. The molecular weight excluding hydrogens is 332 g/mol. The Balaban J connectivity index is 2.96.